The first-order chi connectivity index (χ1) is 7.33. The van der Waals surface area contributed by atoms with Crippen LogP contribution in [0.15, 0.2) is 0 Å². The van der Waals surface area contributed by atoms with Gasteiger partial charge in [-0.15, -0.1) is 0 Å². The molecule has 1 amide bonds. The Balaban J connectivity index is 2.03. The van der Waals surface area contributed by atoms with Crippen LogP contribution in [0.1, 0.15) is 32.6 Å². The lowest BCUT2D eigenvalue weighted by atomic mass is 10.1. The number of rotatable bonds is 2. The highest BCUT2D eigenvalue weighted by Gasteiger charge is 2.31. The first kappa shape index (κ1) is 10.9. The molecule has 2 aliphatic rings. The van der Waals surface area contributed by atoms with Crippen LogP contribution < -0.4 is 5.32 Å². The number of hydrazine groups is 1. The van der Waals surface area contributed by atoms with Crippen LogP contribution in [0.5, 0.6) is 0 Å². The van der Waals surface area contributed by atoms with Gasteiger partial charge in [0.05, 0.1) is 6.04 Å². The van der Waals surface area contributed by atoms with E-state index in [0.717, 1.165) is 45.4 Å². The van der Waals surface area contributed by atoms with Gasteiger partial charge < -0.3 is 5.32 Å². The molecule has 0 saturated carbocycles. The topological polar surface area (TPSA) is 35.6 Å². The maximum absolute atomic E-state index is 11.9. The summed E-state index contributed by atoms with van der Waals surface area (Å²) in [6.07, 6.45) is 4.08. The second-order valence-electron chi connectivity index (χ2n) is 4.39. The second kappa shape index (κ2) is 4.94. The van der Waals surface area contributed by atoms with Gasteiger partial charge in [0.1, 0.15) is 0 Å². The number of piperidine rings is 1. The highest BCUT2D eigenvalue weighted by Crippen LogP contribution is 2.19. The first-order valence-corrected chi connectivity index (χ1v) is 6.10. The largest absolute Gasteiger partial charge is 0.315 e. The van der Waals surface area contributed by atoms with Crippen molar-refractivity contribution in [3.8, 4) is 0 Å². The van der Waals surface area contributed by atoms with Gasteiger partial charge in [0.2, 0.25) is 5.91 Å². The summed E-state index contributed by atoms with van der Waals surface area (Å²) < 4.78 is 0. The van der Waals surface area contributed by atoms with E-state index < -0.39 is 0 Å². The number of nitrogens with zero attached hydrogens (tertiary/aromatic N) is 2. The molecule has 0 radical (unpaired) electrons. The molecule has 15 heavy (non-hydrogen) atoms. The molecule has 0 aromatic carbocycles. The predicted octanol–water partition coefficient (Wildman–Crippen LogP) is 0.598. The average Bonchev–Trinajstić information content (AvgIpc) is 2.29. The van der Waals surface area contributed by atoms with Gasteiger partial charge in [-0.25, -0.2) is 5.01 Å². The van der Waals surface area contributed by atoms with E-state index in [1.807, 2.05) is 5.01 Å². The number of carbonyl (C=O) groups excluding carboxylic acids is 1. The van der Waals surface area contributed by atoms with Crippen LogP contribution in [-0.4, -0.2) is 48.1 Å². The zero-order valence-corrected chi connectivity index (χ0v) is 9.54. The van der Waals surface area contributed by atoms with Crippen LogP contribution >= 0.6 is 0 Å². The van der Waals surface area contributed by atoms with Gasteiger partial charge in [-0.2, -0.15) is 0 Å². The molecule has 0 aromatic heterocycles. The van der Waals surface area contributed by atoms with Crippen molar-refractivity contribution < 1.29 is 4.79 Å². The third-order valence-electron chi connectivity index (χ3n) is 3.35. The molecule has 2 rings (SSSR count). The lowest BCUT2D eigenvalue weighted by Gasteiger charge is -2.44. The molecular weight excluding hydrogens is 190 g/mol. The highest BCUT2D eigenvalue weighted by molar-refractivity contribution is 5.76. The zero-order valence-electron chi connectivity index (χ0n) is 9.54. The van der Waals surface area contributed by atoms with E-state index in [4.69, 9.17) is 0 Å². The van der Waals surface area contributed by atoms with E-state index >= 15 is 0 Å². The SMILES string of the molecule is CCN1CCCC(=O)N1C1CCCNC1. The molecule has 2 saturated heterocycles. The molecule has 2 heterocycles. The molecule has 0 bridgehead atoms. The van der Waals surface area contributed by atoms with Crippen LogP contribution in [0.2, 0.25) is 0 Å². The summed E-state index contributed by atoms with van der Waals surface area (Å²) in [7, 11) is 0. The van der Waals surface area contributed by atoms with E-state index in [0.29, 0.717) is 11.9 Å². The van der Waals surface area contributed by atoms with Crippen LogP contribution in [0.4, 0.5) is 0 Å². The molecule has 2 aliphatic heterocycles. The molecular formula is C11H21N3O. The number of carbonyl (C=O) groups is 1. The minimum Gasteiger partial charge on any atom is -0.315 e. The zero-order chi connectivity index (χ0) is 10.7. The fourth-order valence-corrected chi connectivity index (χ4v) is 2.58. The molecule has 0 spiro atoms. The van der Waals surface area contributed by atoms with Crippen molar-refractivity contribution in [1.29, 1.82) is 0 Å². The molecule has 0 aliphatic carbocycles. The Bertz CT molecular complexity index is 226. The maximum Gasteiger partial charge on any atom is 0.237 e. The second-order valence-corrected chi connectivity index (χ2v) is 4.39. The Morgan fingerprint density at radius 3 is 3.00 bits per heavy atom. The minimum absolute atomic E-state index is 0.316. The summed E-state index contributed by atoms with van der Waals surface area (Å²) in [5.41, 5.74) is 0. The Morgan fingerprint density at radius 2 is 2.33 bits per heavy atom. The third-order valence-corrected chi connectivity index (χ3v) is 3.35. The van der Waals surface area contributed by atoms with Crippen LogP contribution in [0.25, 0.3) is 0 Å². The number of amides is 1. The molecule has 1 unspecified atom stereocenters. The van der Waals surface area contributed by atoms with Crippen molar-refractivity contribution in [2.45, 2.75) is 38.6 Å². The van der Waals surface area contributed by atoms with Crippen LogP contribution in [0, 0.1) is 0 Å². The summed E-state index contributed by atoms with van der Waals surface area (Å²) in [6.45, 7) is 6.18. The van der Waals surface area contributed by atoms with Crippen LogP contribution in [-0.2, 0) is 4.79 Å². The van der Waals surface area contributed by atoms with E-state index in [2.05, 4.69) is 17.2 Å². The van der Waals surface area contributed by atoms with Gasteiger partial charge in [0, 0.05) is 26.1 Å². The van der Waals surface area contributed by atoms with E-state index in [1.165, 1.54) is 6.42 Å². The standard InChI is InChI=1S/C11H21N3O/c1-2-13-8-4-6-11(15)14(13)10-5-3-7-12-9-10/h10,12H,2-9H2,1H3. The number of nitrogens with one attached hydrogen (secondary N) is 1. The lowest BCUT2D eigenvalue weighted by molar-refractivity contribution is -0.163. The summed E-state index contributed by atoms with van der Waals surface area (Å²) in [5.74, 6) is 0.316. The molecule has 86 valence electrons. The van der Waals surface area contributed by atoms with E-state index in [-0.39, 0.29) is 0 Å². The molecule has 1 N–H and O–H groups in total. The Morgan fingerprint density at radius 1 is 1.47 bits per heavy atom. The van der Waals surface area contributed by atoms with Crippen molar-refractivity contribution in [3.05, 3.63) is 0 Å². The van der Waals surface area contributed by atoms with Gasteiger partial charge in [-0.1, -0.05) is 6.92 Å². The van der Waals surface area contributed by atoms with Gasteiger partial charge in [-0.3, -0.25) is 9.80 Å². The van der Waals surface area contributed by atoms with Gasteiger partial charge >= 0.3 is 0 Å². The van der Waals surface area contributed by atoms with Gasteiger partial charge in [0.15, 0.2) is 0 Å². The fourth-order valence-electron chi connectivity index (χ4n) is 2.58. The normalized spacial score (nSPS) is 29.5. The summed E-state index contributed by atoms with van der Waals surface area (Å²) in [5, 5.41) is 7.61. The molecule has 1 atom stereocenters. The van der Waals surface area contributed by atoms with Crippen molar-refractivity contribution in [2.75, 3.05) is 26.2 Å². The summed E-state index contributed by atoms with van der Waals surface area (Å²) in [4.78, 5) is 11.9. The molecule has 4 nitrogen and oxygen atoms in total. The van der Waals surface area contributed by atoms with Crippen molar-refractivity contribution >= 4 is 5.91 Å². The number of hydrogen-bond acceptors (Lipinski definition) is 3. The molecule has 0 aromatic rings. The smallest absolute Gasteiger partial charge is 0.237 e. The summed E-state index contributed by atoms with van der Waals surface area (Å²) in [6, 6.07) is 0.395. The molecule has 2 fully saturated rings. The van der Waals surface area contributed by atoms with E-state index in [1.54, 1.807) is 0 Å². The van der Waals surface area contributed by atoms with Crippen molar-refractivity contribution in [2.24, 2.45) is 0 Å². The predicted molar refractivity (Wildman–Crippen MR) is 59.2 cm³/mol. The Labute approximate surface area is 91.6 Å². The average molecular weight is 211 g/mol. The maximum atomic E-state index is 11.9. The first-order valence-electron chi connectivity index (χ1n) is 6.10. The Hall–Kier alpha value is -0.610. The third kappa shape index (κ3) is 2.32. The van der Waals surface area contributed by atoms with E-state index in [9.17, 15) is 4.79 Å². The summed E-state index contributed by atoms with van der Waals surface area (Å²) >= 11 is 0. The quantitative estimate of drug-likeness (QED) is 0.726. The van der Waals surface area contributed by atoms with Crippen molar-refractivity contribution in [3.63, 3.8) is 0 Å². The van der Waals surface area contributed by atoms with Crippen LogP contribution in [0.3, 0.4) is 0 Å². The minimum atomic E-state index is 0.316. The number of hydrogen-bond donors (Lipinski definition) is 1. The lowest BCUT2D eigenvalue weighted by Crippen LogP contribution is -2.58. The molecule has 4 heteroatoms. The van der Waals surface area contributed by atoms with Gasteiger partial charge in [-0.05, 0) is 25.8 Å². The Kier molecular flexibility index (Phi) is 3.59. The van der Waals surface area contributed by atoms with Gasteiger partial charge in [0.25, 0.3) is 0 Å². The van der Waals surface area contributed by atoms with Crippen molar-refractivity contribution in [1.82, 2.24) is 15.3 Å². The fraction of sp³-hybridized carbons (Fsp3) is 0.909. The highest BCUT2D eigenvalue weighted by atomic mass is 16.2. The monoisotopic (exact) mass is 211 g/mol.